The molecule has 2 aliphatic heterocycles. The molecule has 2 aromatic carbocycles. The van der Waals surface area contributed by atoms with Crippen LogP contribution in [0.1, 0.15) is 24.0 Å². The van der Waals surface area contributed by atoms with Crippen LogP contribution in [0.3, 0.4) is 0 Å². The minimum Gasteiger partial charge on any atom is -0.497 e. The summed E-state index contributed by atoms with van der Waals surface area (Å²) in [6.07, 6.45) is 9.04. The van der Waals surface area contributed by atoms with Gasteiger partial charge < -0.3 is 18.9 Å². The molecular formula is C31H36N4O4. The third-order valence-corrected chi connectivity index (χ3v) is 7.77. The highest BCUT2D eigenvalue weighted by Crippen LogP contribution is 2.38. The van der Waals surface area contributed by atoms with Crippen molar-refractivity contribution in [3.63, 3.8) is 0 Å². The normalized spacial score (nSPS) is 17.5. The number of carbonyl (C=O) groups is 2. The molecule has 1 aromatic heterocycles. The molecule has 39 heavy (non-hydrogen) atoms. The summed E-state index contributed by atoms with van der Waals surface area (Å²) in [4.78, 5) is 33.2. The quantitative estimate of drug-likeness (QED) is 0.362. The summed E-state index contributed by atoms with van der Waals surface area (Å²) in [5.41, 5.74) is 1.32. The summed E-state index contributed by atoms with van der Waals surface area (Å²) in [6, 6.07) is 19.6. The molecule has 3 aromatic rings. The van der Waals surface area contributed by atoms with E-state index in [1.54, 1.807) is 14.2 Å². The van der Waals surface area contributed by atoms with Gasteiger partial charge in [0, 0.05) is 57.7 Å². The van der Waals surface area contributed by atoms with Crippen LogP contribution in [0.15, 0.2) is 79.1 Å². The molecule has 3 heterocycles. The number of hydrogen-bond donors (Lipinski definition) is 0. The van der Waals surface area contributed by atoms with Crippen molar-refractivity contribution in [2.75, 3.05) is 40.4 Å². The largest absolute Gasteiger partial charge is 0.497 e. The average molecular weight is 529 g/mol. The van der Waals surface area contributed by atoms with Gasteiger partial charge in [0.05, 0.1) is 14.2 Å². The number of piperidine rings is 1. The van der Waals surface area contributed by atoms with E-state index in [1.165, 1.54) is 4.90 Å². The second-order valence-corrected chi connectivity index (χ2v) is 10.1. The highest BCUT2D eigenvalue weighted by atomic mass is 16.5. The van der Waals surface area contributed by atoms with E-state index in [4.69, 9.17) is 9.47 Å². The van der Waals surface area contributed by atoms with Gasteiger partial charge in [0.1, 0.15) is 17.0 Å². The van der Waals surface area contributed by atoms with E-state index in [0.29, 0.717) is 39.0 Å². The minimum absolute atomic E-state index is 0.0829. The summed E-state index contributed by atoms with van der Waals surface area (Å²) in [5.74, 6) is 1.43. The number of benzene rings is 2. The number of aromatic nitrogens is 1. The van der Waals surface area contributed by atoms with Crippen molar-refractivity contribution in [3.8, 4) is 11.5 Å². The van der Waals surface area contributed by atoms with E-state index in [2.05, 4.69) is 9.47 Å². The number of urea groups is 1. The molecule has 0 N–H and O–H groups in total. The Balaban J connectivity index is 1.31. The minimum atomic E-state index is -0.812. The number of amides is 3. The van der Waals surface area contributed by atoms with Gasteiger partial charge in [-0.3, -0.25) is 14.6 Å². The highest BCUT2D eigenvalue weighted by molar-refractivity contribution is 6.07. The lowest BCUT2D eigenvalue weighted by Crippen LogP contribution is -2.57. The van der Waals surface area contributed by atoms with Crippen LogP contribution in [0.25, 0.3) is 6.08 Å². The highest BCUT2D eigenvalue weighted by Gasteiger charge is 2.57. The summed E-state index contributed by atoms with van der Waals surface area (Å²) in [5, 5.41) is 0. The molecule has 0 radical (unpaired) electrons. The lowest BCUT2D eigenvalue weighted by molar-refractivity contribution is -0.135. The number of methoxy groups -OCH3 is 2. The molecule has 2 fully saturated rings. The van der Waals surface area contributed by atoms with Gasteiger partial charge in [-0.25, -0.2) is 4.79 Å². The summed E-state index contributed by atoms with van der Waals surface area (Å²) in [6.45, 7) is 3.55. The third-order valence-electron chi connectivity index (χ3n) is 7.77. The summed E-state index contributed by atoms with van der Waals surface area (Å²) in [7, 11) is 3.30. The van der Waals surface area contributed by atoms with Crippen LogP contribution >= 0.6 is 0 Å². The Labute approximate surface area is 230 Å². The molecule has 2 aliphatic rings. The van der Waals surface area contributed by atoms with Gasteiger partial charge >= 0.3 is 6.03 Å². The number of rotatable bonds is 10. The molecule has 204 valence electrons. The number of imide groups is 1. The maximum Gasteiger partial charge on any atom is 0.328 e. The second-order valence-electron chi connectivity index (χ2n) is 10.1. The predicted octanol–water partition coefficient (Wildman–Crippen LogP) is 4.52. The van der Waals surface area contributed by atoms with Crippen LogP contribution in [0.2, 0.25) is 0 Å². The molecular weight excluding hydrogens is 492 g/mol. The molecule has 0 aliphatic carbocycles. The van der Waals surface area contributed by atoms with Crippen LogP contribution < -0.4 is 9.47 Å². The lowest BCUT2D eigenvalue weighted by atomic mass is 9.85. The lowest BCUT2D eigenvalue weighted by Gasteiger charge is -2.42. The Morgan fingerprint density at radius 2 is 1.54 bits per heavy atom. The fourth-order valence-corrected chi connectivity index (χ4v) is 5.63. The molecule has 2 saturated heterocycles. The van der Waals surface area contributed by atoms with Crippen molar-refractivity contribution in [1.29, 1.82) is 0 Å². The average Bonchev–Trinajstić information content (AvgIpc) is 3.55. The first-order valence-corrected chi connectivity index (χ1v) is 13.4. The fraction of sp³-hybridized carbons (Fsp3) is 0.355. The van der Waals surface area contributed by atoms with Crippen molar-refractivity contribution in [2.45, 2.75) is 31.5 Å². The Bertz CT molecular complexity index is 1280. The first-order chi connectivity index (χ1) is 19.0. The Morgan fingerprint density at radius 1 is 0.872 bits per heavy atom. The third kappa shape index (κ3) is 5.71. The van der Waals surface area contributed by atoms with Crippen molar-refractivity contribution < 1.29 is 19.1 Å². The SMILES string of the molecule is COc1cc(CN2CCC3(CC2)C(=O)N(CC=Cc2ccccc2)C(=O)N3CCn2cccc2)cc(OC)c1. The molecule has 0 atom stereocenters. The van der Waals surface area contributed by atoms with Crippen LogP contribution in [0, 0.1) is 0 Å². The van der Waals surface area contributed by atoms with Crippen molar-refractivity contribution in [3.05, 3.63) is 90.3 Å². The first kappa shape index (κ1) is 26.6. The fourth-order valence-electron chi connectivity index (χ4n) is 5.63. The van der Waals surface area contributed by atoms with Crippen LogP contribution in [0.5, 0.6) is 11.5 Å². The van der Waals surface area contributed by atoms with Gasteiger partial charge in [-0.15, -0.1) is 0 Å². The molecule has 8 heteroatoms. The van der Waals surface area contributed by atoms with Crippen molar-refractivity contribution >= 4 is 18.0 Å². The molecule has 5 rings (SSSR count). The maximum atomic E-state index is 13.9. The Kier molecular flexibility index (Phi) is 8.02. The van der Waals surface area contributed by atoms with E-state index in [1.807, 2.05) is 90.1 Å². The van der Waals surface area contributed by atoms with E-state index in [-0.39, 0.29) is 18.5 Å². The van der Waals surface area contributed by atoms with Crippen molar-refractivity contribution in [2.24, 2.45) is 0 Å². The van der Waals surface area contributed by atoms with Crippen LogP contribution in [-0.4, -0.2) is 77.1 Å². The van der Waals surface area contributed by atoms with Gasteiger partial charge in [0.2, 0.25) is 0 Å². The number of nitrogens with zero attached hydrogens (tertiary/aromatic N) is 4. The van der Waals surface area contributed by atoms with Crippen molar-refractivity contribution in [1.82, 2.24) is 19.3 Å². The molecule has 8 nitrogen and oxygen atoms in total. The van der Waals surface area contributed by atoms with Gasteiger partial charge in [-0.2, -0.15) is 0 Å². The number of likely N-dealkylation sites (tertiary alicyclic amines) is 1. The monoisotopic (exact) mass is 528 g/mol. The zero-order valence-corrected chi connectivity index (χ0v) is 22.7. The second kappa shape index (κ2) is 11.8. The molecule has 1 spiro atoms. The number of carbonyl (C=O) groups excluding carboxylic acids is 2. The van der Waals surface area contributed by atoms with Gasteiger partial charge in [0.15, 0.2) is 0 Å². The van der Waals surface area contributed by atoms with Gasteiger partial charge in [-0.1, -0.05) is 42.5 Å². The maximum absolute atomic E-state index is 13.9. The standard InChI is InChI=1S/C31H36N4O4/c1-38-27-21-26(22-28(23-27)39-2)24-33-17-12-31(13-18-33)29(36)34(16-8-11-25-9-4-3-5-10-25)30(37)35(31)20-19-32-14-6-7-15-32/h3-11,14-15,21-23H,12-13,16-20,24H2,1-2H3. The van der Waals surface area contributed by atoms with E-state index < -0.39 is 5.54 Å². The van der Waals surface area contributed by atoms with Gasteiger partial charge in [0.25, 0.3) is 5.91 Å². The predicted molar refractivity (Wildman–Crippen MR) is 151 cm³/mol. The number of hydrogen-bond acceptors (Lipinski definition) is 5. The molecule has 0 saturated carbocycles. The zero-order chi connectivity index (χ0) is 27.2. The Morgan fingerprint density at radius 3 is 2.18 bits per heavy atom. The smallest absolute Gasteiger partial charge is 0.328 e. The van der Waals surface area contributed by atoms with Crippen LogP contribution in [-0.2, 0) is 17.9 Å². The van der Waals surface area contributed by atoms with E-state index in [9.17, 15) is 9.59 Å². The Hall–Kier alpha value is -4.04. The summed E-state index contributed by atoms with van der Waals surface area (Å²) >= 11 is 0. The summed E-state index contributed by atoms with van der Waals surface area (Å²) < 4.78 is 12.9. The molecule has 3 amide bonds. The first-order valence-electron chi connectivity index (χ1n) is 13.4. The molecule has 0 bridgehead atoms. The zero-order valence-electron chi connectivity index (χ0n) is 22.7. The van der Waals surface area contributed by atoms with E-state index in [0.717, 1.165) is 29.2 Å². The van der Waals surface area contributed by atoms with Gasteiger partial charge in [-0.05, 0) is 48.2 Å². The molecule has 0 unspecified atom stereocenters. The van der Waals surface area contributed by atoms with E-state index >= 15 is 0 Å². The topological polar surface area (TPSA) is 67.2 Å². The van der Waals surface area contributed by atoms with Crippen LogP contribution in [0.4, 0.5) is 4.79 Å². The number of ether oxygens (including phenoxy) is 2.